The van der Waals surface area contributed by atoms with E-state index in [1.807, 2.05) is 0 Å². The molecule has 1 aliphatic carbocycles. The lowest BCUT2D eigenvalue weighted by molar-refractivity contribution is -0.582. The van der Waals surface area contributed by atoms with Gasteiger partial charge < -0.3 is 4.90 Å². The average Bonchev–Trinajstić information content (AvgIpc) is 2.73. The van der Waals surface area contributed by atoms with Crippen LogP contribution in [0.3, 0.4) is 0 Å². The van der Waals surface area contributed by atoms with Gasteiger partial charge in [-0.3, -0.25) is 0 Å². The summed E-state index contributed by atoms with van der Waals surface area (Å²) < 4.78 is 2.53. The Balaban J connectivity index is 1.64. The first-order valence-electron chi connectivity index (χ1n) is 12.7. The summed E-state index contributed by atoms with van der Waals surface area (Å²) in [7, 11) is -1.89. The Hall–Kier alpha value is -2.36. The molecule has 4 heteroatoms. The molecule has 0 spiro atoms. The molecule has 2 aromatic carbocycles. The number of aryl methyl sites for hydroxylation is 2. The third kappa shape index (κ3) is 3.31. The first kappa shape index (κ1) is 22.1. The maximum atomic E-state index is 6.23. The number of anilines is 1. The molecule has 3 aliphatic heterocycles. The van der Waals surface area contributed by atoms with E-state index in [0.717, 1.165) is 0 Å². The Morgan fingerprint density at radius 1 is 0.971 bits per heavy atom. The molecule has 0 unspecified atom stereocenters. The minimum absolute atomic E-state index is 0.558. The Morgan fingerprint density at radius 3 is 2.29 bits per heavy atom. The molecule has 2 saturated heterocycles. The number of hydrogen-bond acceptors (Lipinski definition) is 1. The van der Waals surface area contributed by atoms with Gasteiger partial charge in [0.05, 0.1) is 6.42 Å². The van der Waals surface area contributed by atoms with Crippen molar-refractivity contribution in [3.63, 3.8) is 0 Å². The second-order valence-corrected chi connectivity index (χ2v) is 15.5. The maximum Gasteiger partial charge on any atom is 0.199 e. The number of halogens is 1. The summed E-state index contributed by atoms with van der Waals surface area (Å²) in [6, 6.07) is 11.9. The lowest BCUT2D eigenvalue weighted by Gasteiger charge is -2.40. The van der Waals surface area contributed by atoms with Crippen LogP contribution in [0.2, 0.25) is 13.1 Å². The molecule has 0 atom stereocenters. The van der Waals surface area contributed by atoms with Crippen LogP contribution in [0, 0.1) is 13.8 Å². The Morgan fingerprint density at radius 2 is 1.71 bits per heavy atom. The van der Waals surface area contributed by atoms with Crippen molar-refractivity contribution in [1.29, 1.82) is 0 Å². The van der Waals surface area contributed by atoms with Crippen molar-refractivity contribution in [3.8, 4) is 0 Å². The van der Waals surface area contributed by atoms with Gasteiger partial charge in [0, 0.05) is 36.8 Å². The zero-order valence-corrected chi connectivity index (χ0v) is 22.6. The van der Waals surface area contributed by atoms with E-state index in [9.17, 15) is 0 Å². The first-order chi connectivity index (χ1) is 16.4. The molecular formula is C30H34ClN2Si+. The fraction of sp³-hybridized carbons (Fsp3) is 0.367. The summed E-state index contributed by atoms with van der Waals surface area (Å²) in [4.78, 5) is 2.53. The van der Waals surface area contributed by atoms with Crippen molar-refractivity contribution >= 4 is 41.8 Å². The Bertz CT molecular complexity index is 1310. The largest absolute Gasteiger partial charge is 0.371 e. The van der Waals surface area contributed by atoms with Gasteiger partial charge in [-0.2, -0.15) is 0 Å². The SMILES string of the molecule is Cc1cc(CCl)cc(C)c1C1=C2C=CC(=[N+]3CCC3)C=C2[Si](C)(C)c2cc(N3CCC3)ccc21. The van der Waals surface area contributed by atoms with E-state index >= 15 is 0 Å². The topological polar surface area (TPSA) is 6.25 Å². The molecule has 0 N–H and O–H groups in total. The molecule has 0 bridgehead atoms. The van der Waals surface area contributed by atoms with Crippen LogP contribution >= 0.6 is 11.6 Å². The van der Waals surface area contributed by atoms with Crippen molar-refractivity contribution in [2.75, 3.05) is 31.1 Å². The third-order valence-electron chi connectivity index (χ3n) is 8.33. The number of rotatable bonds is 3. The molecule has 34 heavy (non-hydrogen) atoms. The second-order valence-electron chi connectivity index (χ2n) is 10.9. The van der Waals surface area contributed by atoms with Crippen molar-refractivity contribution in [3.05, 3.63) is 87.1 Å². The third-order valence-corrected chi connectivity index (χ3v) is 12.2. The summed E-state index contributed by atoms with van der Waals surface area (Å²) in [6.07, 6.45) is 9.94. The molecule has 4 aliphatic rings. The molecular weight excluding hydrogens is 452 g/mol. The summed E-state index contributed by atoms with van der Waals surface area (Å²) in [5.74, 6) is 0.558. The second kappa shape index (κ2) is 8.10. The summed E-state index contributed by atoms with van der Waals surface area (Å²) in [5.41, 5.74) is 12.3. The highest BCUT2D eigenvalue weighted by Gasteiger charge is 2.41. The van der Waals surface area contributed by atoms with Gasteiger partial charge in [-0.05, 0) is 87.8 Å². The maximum absolute atomic E-state index is 6.23. The van der Waals surface area contributed by atoms with Gasteiger partial charge in [0.2, 0.25) is 0 Å². The molecule has 174 valence electrons. The van der Waals surface area contributed by atoms with E-state index in [2.05, 4.69) is 85.0 Å². The summed E-state index contributed by atoms with van der Waals surface area (Å²) >= 11 is 6.23. The highest BCUT2D eigenvalue weighted by Crippen LogP contribution is 2.44. The van der Waals surface area contributed by atoms with E-state index in [-0.39, 0.29) is 0 Å². The number of fused-ring (bicyclic) bond motifs is 2. The van der Waals surface area contributed by atoms with E-state index in [0.29, 0.717) is 5.88 Å². The smallest absolute Gasteiger partial charge is 0.199 e. The normalized spacial score (nSPS) is 20.5. The predicted molar refractivity (Wildman–Crippen MR) is 149 cm³/mol. The van der Waals surface area contributed by atoms with Crippen molar-refractivity contribution < 1.29 is 4.58 Å². The molecule has 2 aromatic rings. The molecule has 2 nitrogen and oxygen atoms in total. The molecule has 0 amide bonds. The van der Waals surface area contributed by atoms with E-state index in [1.54, 1.807) is 10.4 Å². The lowest BCUT2D eigenvalue weighted by atomic mass is 9.84. The van der Waals surface area contributed by atoms with Crippen LogP contribution in [0.5, 0.6) is 0 Å². The molecule has 0 saturated carbocycles. The average molecular weight is 486 g/mol. The number of benzene rings is 2. The van der Waals surface area contributed by atoms with E-state index in [1.165, 1.54) is 89.4 Å². The number of alkyl halides is 1. The van der Waals surface area contributed by atoms with Gasteiger partial charge in [0.1, 0.15) is 21.2 Å². The predicted octanol–water partition coefficient (Wildman–Crippen LogP) is 5.88. The van der Waals surface area contributed by atoms with E-state index < -0.39 is 8.07 Å². The lowest BCUT2D eigenvalue weighted by Crippen LogP contribution is -2.50. The van der Waals surface area contributed by atoms with Gasteiger partial charge in [0.25, 0.3) is 0 Å². The monoisotopic (exact) mass is 485 g/mol. The molecule has 2 fully saturated rings. The van der Waals surface area contributed by atoms with Gasteiger partial charge in [-0.1, -0.05) is 31.3 Å². The molecule has 6 rings (SSSR count). The molecule has 3 heterocycles. The zero-order chi connectivity index (χ0) is 23.6. The summed E-state index contributed by atoms with van der Waals surface area (Å²) in [5, 5.41) is 3.17. The van der Waals surface area contributed by atoms with Crippen LogP contribution < -0.4 is 10.1 Å². The standard InChI is InChI=1S/C30H34ClN2Si/c1-20-15-22(19-31)16-21(2)29(20)30-25-9-7-23(32-11-5-12-32)17-27(25)34(3,4)28-18-24(8-10-26(28)30)33-13-6-14-33/h7-10,15-18H,5-6,11-14,19H2,1-4H3/q+1. The fourth-order valence-corrected chi connectivity index (χ4v) is 9.39. The molecule has 0 radical (unpaired) electrons. The Labute approximate surface area is 210 Å². The summed E-state index contributed by atoms with van der Waals surface area (Å²) in [6.45, 7) is 14.4. The van der Waals surface area contributed by atoms with Gasteiger partial charge in [0.15, 0.2) is 5.71 Å². The van der Waals surface area contributed by atoms with E-state index in [4.69, 9.17) is 11.6 Å². The number of nitrogens with zero attached hydrogens (tertiary/aromatic N) is 2. The van der Waals surface area contributed by atoms with Crippen LogP contribution in [0.1, 0.15) is 40.7 Å². The van der Waals surface area contributed by atoms with Crippen molar-refractivity contribution in [2.24, 2.45) is 0 Å². The first-order valence-corrected chi connectivity index (χ1v) is 16.2. The van der Waals surface area contributed by atoms with Gasteiger partial charge in [-0.25, -0.2) is 4.58 Å². The minimum Gasteiger partial charge on any atom is -0.371 e. The van der Waals surface area contributed by atoms with Crippen LogP contribution in [0.25, 0.3) is 5.57 Å². The zero-order valence-electron chi connectivity index (χ0n) is 20.8. The molecule has 0 aromatic heterocycles. The van der Waals surface area contributed by atoms with Crippen molar-refractivity contribution in [2.45, 2.75) is 45.7 Å². The highest BCUT2D eigenvalue weighted by molar-refractivity contribution is 6.98. The van der Waals surface area contributed by atoms with Gasteiger partial charge >= 0.3 is 0 Å². The van der Waals surface area contributed by atoms with Crippen LogP contribution in [-0.4, -0.2) is 44.5 Å². The highest BCUT2D eigenvalue weighted by atomic mass is 35.5. The fourth-order valence-electron chi connectivity index (χ4n) is 6.16. The number of hydrogen-bond donors (Lipinski definition) is 0. The van der Waals surface area contributed by atoms with Crippen LogP contribution in [0.15, 0.2) is 59.3 Å². The van der Waals surface area contributed by atoms with Crippen LogP contribution in [0.4, 0.5) is 5.69 Å². The van der Waals surface area contributed by atoms with Crippen molar-refractivity contribution in [1.82, 2.24) is 0 Å². The number of allylic oxidation sites excluding steroid dienone is 5. The van der Waals surface area contributed by atoms with Crippen LogP contribution in [-0.2, 0) is 5.88 Å². The Kier molecular flexibility index (Phi) is 5.27. The van der Waals surface area contributed by atoms with Gasteiger partial charge in [-0.15, -0.1) is 11.6 Å². The minimum atomic E-state index is -1.89. The quantitative estimate of drug-likeness (QED) is 0.299.